The third kappa shape index (κ3) is 5.82. The Morgan fingerprint density at radius 2 is 1.84 bits per heavy atom. The highest BCUT2D eigenvalue weighted by atomic mass is 35.5. The maximum atomic E-state index is 12.8. The first-order valence-electron chi connectivity index (χ1n) is 10.5. The van der Waals surface area contributed by atoms with Gasteiger partial charge in [-0.25, -0.2) is 0 Å². The topological polar surface area (TPSA) is 63.5 Å². The highest BCUT2D eigenvalue weighted by Crippen LogP contribution is 2.24. The molecule has 0 N–H and O–H groups in total. The maximum Gasteiger partial charge on any atom is 0.233 e. The zero-order chi connectivity index (χ0) is 22.3. The maximum absolute atomic E-state index is 12.8. The Morgan fingerprint density at radius 3 is 2.59 bits per heavy atom. The predicted octanol–water partition coefficient (Wildman–Crippen LogP) is 3.57. The lowest BCUT2D eigenvalue weighted by Gasteiger charge is -2.28. The highest BCUT2D eigenvalue weighted by Gasteiger charge is 2.22. The number of rotatable bonds is 8. The van der Waals surface area contributed by atoms with Crippen molar-refractivity contribution in [3.8, 4) is 0 Å². The van der Waals surface area contributed by atoms with Gasteiger partial charge in [0.25, 0.3) is 0 Å². The van der Waals surface area contributed by atoms with E-state index >= 15 is 0 Å². The summed E-state index contributed by atoms with van der Waals surface area (Å²) < 4.78 is 7.58. The Balaban J connectivity index is 1.46. The van der Waals surface area contributed by atoms with Gasteiger partial charge in [0.15, 0.2) is 5.16 Å². The van der Waals surface area contributed by atoms with E-state index in [9.17, 15) is 4.79 Å². The first-order valence-corrected chi connectivity index (χ1v) is 11.9. The van der Waals surface area contributed by atoms with Crippen molar-refractivity contribution >= 4 is 35.2 Å². The molecule has 1 aliphatic rings. The van der Waals surface area contributed by atoms with Crippen LogP contribution in [0.5, 0.6) is 0 Å². The number of hydrogen-bond donors (Lipinski definition) is 0. The van der Waals surface area contributed by atoms with Crippen LogP contribution in [0.15, 0.2) is 59.8 Å². The van der Waals surface area contributed by atoms with E-state index in [2.05, 4.69) is 31.8 Å². The molecular weight excluding hydrogens is 446 g/mol. The van der Waals surface area contributed by atoms with Gasteiger partial charge < -0.3 is 14.5 Å². The molecule has 0 aliphatic carbocycles. The van der Waals surface area contributed by atoms with Crippen molar-refractivity contribution in [3.63, 3.8) is 0 Å². The van der Waals surface area contributed by atoms with Crippen LogP contribution in [0.1, 0.15) is 11.1 Å². The van der Waals surface area contributed by atoms with Gasteiger partial charge in [0.2, 0.25) is 11.9 Å². The summed E-state index contributed by atoms with van der Waals surface area (Å²) in [7, 11) is 1.80. The predicted molar refractivity (Wildman–Crippen MR) is 127 cm³/mol. The van der Waals surface area contributed by atoms with Crippen LogP contribution in [0.2, 0.25) is 5.02 Å². The molecule has 0 saturated carbocycles. The largest absolute Gasteiger partial charge is 0.378 e. The van der Waals surface area contributed by atoms with Crippen LogP contribution in [0, 0.1) is 0 Å². The number of halogens is 1. The van der Waals surface area contributed by atoms with Crippen molar-refractivity contribution in [2.24, 2.45) is 0 Å². The Kier molecular flexibility index (Phi) is 7.68. The zero-order valence-electron chi connectivity index (χ0n) is 18.0. The minimum Gasteiger partial charge on any atom is -0.378 e. The summed E-state index contributed by atoms with van der Waals surface area (Å²) in [6.07, 6.45) is 0. The van der Waals surface area contributed by atoms with Gasteiger partial charge in [0.05, 0.1) is 25.5 Å². The fraction of sp³-hybridized carbons (Fsp3) is 0.348. The van der Waals surface area contributed by atoms with Gasteiger partial charge in [-0.2, -0.15) is 0 Å². The quantitative estimate of drug-likeness (QED) is 0.468. The van der Waals surface area contributed by atoms with Crippen LogP contribution >= 0.6 is 23.4 Å². The van der Waals surface area contributed by atoms with Crippen LogP contribution in [0.25, 0.3) is 0 Å². The summed E-state index contributed by atoms with van der Waals surface area (Å²) in [5.74, 6) is 1.13. The molecule has 0 radical (unpaired) electrons. The van der Waals surface area contributed by atoms with E-state index in [1.165, 1.54) is 11.8 Å². The lowest BCUT2D eigenvalue weighted by Crippen LogP contribution is -2.38. The molecule has 0 unspecified atom stereocenters. The minimum atomic E-state index is 0.0251. The second-order valence-corrected chi connectivity index (χ2v) is 9.00. The van der Waals surface area contributed by atoms with Gasteiger partial charge >= 0.3 is 0 Å². The minimum absolute atomic E-state index is 0.0251. The molecule has 1 fully saturated rings. The molecule has 2 heterocycles. The second-order valence-electron chi connectivity index (χ2n) is 7.62. The summed E-state index contributed by atoms with van der Waals surface area (Å²) in [5.41, 5.74) is 2.16. The number of thioether (sulfide) groups is 1. The van der Waals surface area contributed by atoms with Gasteiger partial charge in [-0.15, -0.1) is 10.2 Å². The number of aromatic nitrogens is 3. The van der Waals surface area contributed by atoms with Crippen molar-refractivity contribution in [2.45, 2.75) is 18.2 Å². The van der Waals surface area contributed by atoms with Crippen LogP contribution in [-0.2, 0) is 22.6 Å². The van der Waals surface area contributed by atoms with Crippen molar-refractivity contribution in [1.29, 1.82) is 0 Å². The average Bonchev–Trinajstić information content (AvgIpc) is 3.21. The van der Waals surface area contributed by atoms with E-state index in [-0.39, 0.29) is 11.7 Å². The Labute approximate surface area is 197 Å². The molecule has 1 saturated heterocycles. The van der Waals surface area contributed by atoms with Crippen molar-refractivity contribution in [1.82, 2.24) is 19.7 Å². The van der Waals surface area contributed by atoms with Crippen LogP contribution in [-0.4, -0.2) is 64.7 Å². The van der Waals surface area contributed by atoms with E-state index in [0.29, 0.717) is 31.3 Å². The fourth-order valence-electron chi connectivity index (χ4n) is 3.52. The molecule has 9 heteroatoms. The Bertz CT molecular complexity index is 1040. The summed E-state index contributed by atoms with van der Waals surface area (Å²) in [4.78, 5) is 16.7. The lowest BCUT2D eigenvalue weighted by molar-refractivity contribution is -0.127. The second kappa shape index (κ2) is 10.8. The first-order chi connectivity index (χ1) is 15.6. The number of anilines is 1. The fourth-order valence-corrected chi connectivity index (χ4v) is 4.61. The molecule has 3 aromatic rings. The van der Waals surface area contributed by atoms with E-state index in [1.807, 2.05) is 42.5 Å². The van der Waals surface area contributed by atoms with Crippen LogP contribution in [0.4, 0.5) is 5.95 Å². The van der Waals surface area contributed by atoms with Gasteiger partial charge in [-0.05, 0) is 23.3 Å². The molecule has 4 rings (SSSR count). The van der Waals surface area contributed by atoms with E-state index in [4.69, 9.17) is 16.3 Å². The average molecular weight is 472 g/mol. The molecule has 0 spiro atoms. The summed E-state index contributed by atoms with van der Waals surface area (Å²) in [6, 6.07) is 17.8. The van der Waals surface area contributed by atoms with Crippen LogP contribution < -0.4 is 4.90 Å². The standard InChI is InChI=1S/C23H26ClN5O2S/c1-27(15-19-8-5-9-20(24)14-19)21(30)17-32-23-26-25-22(28-10-12-31-13-11-28)29(23)16-18-6-3-2-4-7-18/h2-9,14H,10-13,15-17H2,1H3. The first kappa shape index (κ1) is 22.6. The number of carbonyl (C=O) groups excluding carboxylic acids is 1. The zero-order valence-corrected chi connectivity index (χ0v) is 19.6. The molecule has 1 aliphatic heterocycles. The third-order valence-corrected chi connectivity index (χ3v) is 6.42. The monoisotopic (exact) mass is 471 g/mol. The summed E-state index contributed by atoms with van der Waals surface area (Å²) >= 11 is 7.48. The van der Waals surface area contributed by atoms with Crippen molar-refractivity contribution in [3.05, 3.63) is 70.7 Å². The SMILES string of the molecule is CN(Cc1cccc(Cl)c1)C(=O)CSc1nnc(N2CCOCC2)n1Cc1ccccc1. The van der Waals surface area contributed by atoms with Gasteiger partial charge in [-0.3, -0.25) is 9.36 Å². The third-order valence-electron chi connectivity index (χ3n) is 5.23. The van der Waals surface area contributed by atoms with Crippen LogP contribution in [0.3, 0.4) is 0 Å². The van der Waals surface area contributed by atoms with Gasteiger partial charge in [0.1, 0.15) is 0 Å². The molecule has 168 valence electrons. The number of amides is 1. The summed E-state index contributed by atoms with van der Waals surface area (Å²) in [6.45, 7) is 4.06. The number of hydrogen-bond acceptors (Lipinski definition) is 6. The Hall–Kier alpha value is -2.55. The Morgan fingerprint density at radius 1 is 1.09 bits per heavy atom. The molecule has 1 aromatic heterocycles. The molecule has 0 bridgehead atoms. The molecule has 7 nitrogen and oxygen atoms in total. The molecular formula is C23H26ClN5O2S. The summed E-state index contributed by atoms with van der Waals surface area (Å²) in [5, 5.41) is 10.3. The number of ether oxygens (including phenoxy) is 1. The highest BCUT2D eigenvalue weighted by molar-refractivity contribution is 7.99. The van der Waals surface area contributed by atoms with E-state index in [1.54, 1.807) is 11.9 Å². The molecule has 0 atom stereocenters. The molecule has 32 heavy (non-hydrogen) atoms. The smallest absolute Gasteiger partial charge is 0.233 e. The van der Waals surface area contributed by atoms with Gasteiger partial charge in [0, 0.05) is 31.7 Å². The van der Waals surface area contributed by atoms with E-state index < -0.39 is 0 Å². The number of morpholine rings is 1. The number of nitrogens with zero attached hydrogens (tertiary/aromatic N) is 5. The molecule has 1 amide bonds. The number of benzene rings is 2. The number of carbonyl (C=O) groups is 1. The van der Waals surface area contributed by atoms with E-state index in [0.717, 1.165) is 35.3 Å². The normalized spacial score (nSPS) is 13.9. The lowest BCUT2D eigenvalue weighted by atomic mass is 10.2. The van der Waals surface area contributed by atoms with Crippen molar-refractivity contribution < 1.29 is 9.53 Å². The van der Waals surface area contributed by atoms with Crippen molar-refractivity contribution in [2.75, 3.05) is 44.0 Å². The molecule has 2 aromatic carbocycles. The van der Waals surface area contributed by atoms with Gasteiger partial charge in [-0.1, -0.05) is 65.8 Å².